The molecule has 0 spiro atoms. The van der Waals surface area contributed by atoms with Gasteiger partial charge in [0.15, 0.2) is 0 Å². The van der Waals surface area contributed by atoms with Crippen molar-refractivity contribution in [3.63, 3.8) is 0 Å². The molecule has 0 saturated carbocycles. The fourth-order valence-corrected chi connectivity index (χ4v) is 3.16. The predicted octanol–water partition coefficient (Wildman–Crippen LogP) is 2.27. The molecule has 0 aliphatic heterocycles. The third-order valence-electron chi connectivity index (χ3n) is 1.67. The standard InChI is InChI=1S/C11H11BrO3Se/c1-8(13)15-10-5-3-2-4-9(10)11(14)16-7-6-12/h2-5H,6-7H2,1H3. The number of carbonyl (C=O) groups excluding carboxylic acids is 2. The van der Waals surface area contributed by atoms with E-state index in [2.05, 4.69) is 15.9 Å². The molecule has 86 valence electrons. The summed E-state index contributed by atoms with van der Waals surface area (Å²) in [5.74, 6) is -0.0512. The fraction of sp³-hybridized carbons (Fsp3) is 0.273. The molecular formula is C11H11BrO3Se. The van der Waals surface area contributed by atoms with Crippen LogP contribution in [0.3, 0.4) is 0 Å². The molecule has 0 saturated heterocycles. The second-order valence-corrected chi connectivity index (χ2v) is 5.95. The van der Waals surface area contributed by atoms with Crippen LogP contribution in [-0.4, -0.2) is 30.9 Å². The number of esters is 1. The van der Waals surface area contributed by atoms with E-state index in [-0.39, 0.29) is 19.6 Å². The Morgan fingerprint density at radius 2 is 2.06 bits per heavy atom. The fourth-order valence-electron chi connectivity index (χ4n) is 1.09. The van der Waals surface area contributed by atoms with Crippen LogP contribution in [0, 0.1) is 0 Å². The van der Waals surface area contributed by atoms with Gasteiger partial charge in [0.25, 0.3) is 0 Å². The van der Waals surface area contributed by atoms with E-state index in [1.54, 1.807) is 24.3 Å². The van der Waals surface area contributed by atoms with Crippen LogP contribution in [0.2, 0.25) is 5.32 Å². The van der Waals surface area contributed by atoms with Crippen molar-refractivity contribution in [1.82, 2.24) is 0 Å². The summed E-state index contributed by atoms with van der Waals surface area (Å²) < 4.78 is 5.04. The van der Waals surface area contributed by atoms with Gasteiger partial charge in [0.05, 0.1) is 0 Å². The van der Waals surface area contributed by atoms with Gasteiger partial charge in [-0.25, -0.2) is 0 Å². The van der Waals surface area contributed by atoms with Gasteiger partial charge in [-0.05, 0) is 0 Å². The molecule has 0 radical (unpaired) electrons. The number of alkyl halides is 1. The Balaban J connectivity index is 2.85. The summed E-state index contributed by atoms with van der Waals surface area (Å²) in [6, 6.07) is 6.84. The summed E-state index contributed by atoms with van der Waals surface area (Å²) in [6.07, 6.45) is 0. The molecule has 3 nitrogen and oxygen atoms in total. The summed E-state index contributed by atoms with van der Waals surface area (Å²) in [4.78, 5) is 22.7. The quantitative estimate of drug-likeness (QED) is 0.354. The molecule has 0 bridgehead atoms. The normalized spacial score (nSPS) is 9.88. The van der Waals surface area contributed by atoms with Crippen molar-refractivity contribution in [2.24, 2.45) is 0 Å². The van der Waals surface area contributed by atoms with E-state index >= 15 is 0 Å². The molecule has 0 aromatic heterocycles. The Kier molecular flexibility index (Phi) is 5.74. The monoisotopic (exact) mass is 350 g/mol. The first kappa shape index (κ1) is 13.4. The SMILES string of the molecule is CC(=O)Oc1ccccc1C(=O)[Se]CCBr. The predicted molar refractivity (Wildman–Crippen MR) is 66.4 cm³/mol. The van der Waals surface area contributed by atoms with Crippen LogP contribution in [0.1, 0.15) is 17.3 Å². The summed E-state index contributed by atoms with van der Waals surface area (Å²) >= 11 is 3.18. The van der Waals surface area contributed by atoms with Gasteiger partial charge in [0.1, 0.15) is 0 Å². The van der Waals surface area contributed by atoms with Crippen LogP contribution >= 0.6 is 15.9 Å². The summed E-state index contributed by atoms with van der Waals surface area (Å²) in [7, 11) is 0. The Morgan fingerprint density at radius 1 is 1.38 bits per heavy atom. The number of para-hydroxylation sites is 1. The van der Waals surface area contributed by atoms with E-state index in [4.69, 9.17) is 4.74 Å². The number of rotatable bonds is 5. The van der Waals surface area contributed by atoms with Crippen molar-refractivity contribution in [3.8, 4) is 5.75 Å². The van der Waals surface area contributed by atoms with Gasteiger partial charge in [-0.3, -0.25) is 0 Å². The van der Waals surface area contributed by atoms with E-state index in [9.17, 15) is 9.59 Å². The molecular weight excluding hydrogens is 339 g/mol. The third kappa shape index (κ3) is 4.08. The van der Waals surface area contributed by atoms with Crippen LogP contribution in [0.4, 0.5) is 0 Å². The van der Waals surface area contributed by atoms with Gasteiger partial charge < -0.3 is 0 Å². The first-order valence-electron chi connectivity index (χ1n) is 4.65. The van der Waals surface area contributed by atoms with Crippen molar-refractivity contribution < 1.29 is 14.3 Å². The zero-order chi connectivity index (χ0) is 12.0. The number of ether oxygens (including phenoxy) is 1. The molecule has 1 aromatic rings. The molecule has 1 rings (SSSR count). The summed E-state index contributed by atoms with van der Waals surface area (Å²) in [5.41, 5.74) is 0.499. The molecule has 5 heteroatoms. The Labute approximate surface area is 109 Å². The van der Waals surface area contributed by atoms with E-state index < -0.39 is 5.97 Å². The molecule has 16 heavy (non-hydrogen) atoms. The maximum atomic E-state index is 11.8. The number of benzene rings is 1. The van der Waals surface area contributed by atoms with Crippen molar-refractivity contribution >= 4 is 41.5 Å². The van der Waals surface area contributed by atoms with Crippen LogP contribution in [0.25, 0.3) is 0 Å². The van der Waals surface area contributed by atoms with Gasteiger partial charge in [-0.15, -0.1) is 0 Å². The van der Waals surface area contributed by atoms with Gasteiger partial charge in [-0.1, -0.05) is 0 Å². The Hall–Kier alpha value is -0.641. The Morgan fingerprint density at radius 3 is 2.69 bits per heavy atom. The van der Waals surface area contributed by atoms with Crippen molar-refractivity contribution in [1.29, 1.82) is 0 Å². The van der Waals surface area contributed by atoms with Crippen LogP contribution in [0.5, 0.6) is 5.75 Å². The van der Waals surface area contributed by atoms with Gasteiger partial charge in [0.2, 0.25) is 0 Å². The number of carbonyl (C=O) groups is 2. The average molecular weight is 350 g/mol. The van der Waals surface area contributed by atoms with E-state index in [1.165, 1.54) is 6.92 Å². The molecule has 0 atom stereocenters. The molecule has 0 aliphatic rings. The minimum absolute atomic E-state index is 0.0591. The van der Waals surface area contributed by atoms with Gasteiger partial charge >= 0.3 is 109 Å². The zero-order valence-corrected chi connectivity index (χ0v) is 12.0. The molecule has 0 N–H and O–H groups in total. The molecule has 0 amide bonds. The first-order chi connectivity index (χ1) is 7.65. The number of hydrogen-bond donors (Lipinski definition) is 0. The molecule has 0 fully saturated rings. The Bertz CT molecular complexity index is 393. The second kappa shape index (κ2) is 6.84. The molecule has 0 aliphatic carbocycles. The molecule has 0 heterocycles. The molecule has 0 unspecified atom stereocenters. The van der Waals surface area contributed by atoms with Crippen molar-refractivity contribution in [2.75, 3.05) is 5.33 Å². The van der Waals surface area contributed by atoms with Gasteiger partial charge in [0, 0.05) is 0 Å². The van der Waals surface area contributed by atoms with Crippen molar-refractivity contribution in [2.45, 2.75) is 12.2 Å². The average Bonchev–Trinajstić information content (AvgIpc) is 2.26. The first-order valence-corrected chi connectivity index (χ1v) is 7.84. The zero-order valence-electron chi connectivity index (χ0n) is 8.73. The summed E-state index contributed by atoms with van der Waals surface area (Å²) in [5, 5.41) is 1.65. The second-order valence-electron chi connectivity index (χ2n) is 2.91. The van der Waals surface area contributed by atoms with Crippen LogP contribution in [0.15, 0.2) is 24.3 Å². The minimum atomic E-state index is -0.409. The van der Waals surface area contributed by atoms with Crippen molar-refractivity contribution in [3.05, 3.63) is 29.8 Å². The van der Waals surface area contributed by atoms with Crippen LogP contribution in [-0.2, 0) is 4.79 Å². The third-order valence-corrected chi connectivity index (χ3v) is 5.12. The van der Waals surface area contributed by atoms with E-state index in [1.807, 2.05) is 0 Å². The number of hydrogen-bond acceptors (Lipinski definition) is 3. The van der Waals surface area contributed by atoms with Gasteiger partial charge in [-0.2, -0.15) is 0 Å². The van der Waals surface area contributed by atoms with E-state index in [0.29, 0.717) is 11.3 Å². The van der Waals surface area contributed by atoms with E-state index in [0.717, 1.165) is 10.6 Å². The summed E-state index contributed by atoms with van der Waals surface area (Å²) in [6.45, 7) is 1.32. The molecule has 1 aromatic carbocycles. The maximum absolute atomic E-state index is 11.8. The number of halogens is 1. The van der Waals surface area contributed by atoms with Crippen LogP contribution < -0.4 is 4.74 Å². The topological polar surface area (TPSA) is 43.4 Å².